The standard InChI is InChI=1S/C15H13Cl2FN2O/c16-12-7-10(1-2-13(12)18)14-9-20(5-6-21-14)11-3-4-19-15(17)8-11/h1-4,7-8,14H,5-6,9H2. The fraction of sp³-hybridized carbons (Fsp3) is 0.267. The molecule has 0 radical (unpaired) electrons. The molecule has 0 amide bonds. The molecule has 1 atom stereocenters. The second-order valence-electron chi connectivity index (χ2n) is 4.82. The number of pyridine rings is 1. The van der Waals surface area contributed by atoms with Gasteiger partial charge in [0.2, 0.25) is 0 Å². The number of ether oxygens (including phenoxy) is 1. The molecule has 1 aliphatic rings. The molecule has 2 aromatic rings. The quantitative estimate of drug-likeness (QED) is 0.777. The second-order valence-corrected chi connectivity index (χ2v) is 5.61. The van der Waals surface area contributed by atoms with Gasteiger partial charge >= 0.3 is 0 Å². The van der Waals surface area contributed by atoms with Gasteiger partial charge in [-0.1, -0.05) is 29.3 Å². The minimum Gasteiger partial charge on any atom is -0.370 e. The lowest BCUT2D eigenvalue weighted by atomic mass is 10.1. The number of anilines is 1. The molecule has 0 aliphatic carbocycles. The van der Waals surface area contributed by atoms with Crippen molar-refractivity contribution in [2.24, 2.45) is 0 Å². The molecular formula is C15H13Cl2FN2O. The highest BCUT2D eigenvalue weighted by molar-refractivity contribution is 6.30. The molecule has 0 saturated carbocycles. The van der Waals surface area contributed by atoms with Crippen LogP contribution in [0, 0.1) is 5.82 Å². The summed E-state index contributed by atoms with van der Waals surface area (Å²) in [5, 5.41) is 0.570. The van der Waals surface area contributed by atoms with Crippen LogP contribution in [0.2, 0.25) is 10.2 Å². The summed E-state index contributed by atoms with van der Waals surface area (Å²) in [5.74, 6) is -0.422. The van der Waals surface area contributed by atoms with E-state index in [-0.39, 0.29) is 11.1 Å². The van der Waals surface area contributed by atoms with Crippen molar-refractivity contribution < 1.29 is 9.13 Å². The summed E-state index contributed by atoms with van der Waals surface area (Å²) in [4.78, 5) is 6.15. The molecule has 21 heavy (non-hydrogen) atoms. The van der Waals surface area contributed by atoms with E-state index in [4.69, 9.17) is 27.9 Å². The second kappa shape index (κ2) is 6.18. The Bertz CT molecular complexity index is 653. The van der Waals surface area contributed by atoms with Crippen molar-refractivity contribution in [3.05, 3.63) is 58.1 Å². The molecule has 3 nitrogen and oxygen atoms in total. The Labute approximate surface area is 132 Å². The Kier molecular flexibility index (Phi) is 4.29. The Hall–Kier alpha value is -1.36. The van der Waals surface area contributed by atoms with Crippen molar-refractivity contribution in [3.63, 3.8) is 0 Å². The molecule has 1 aromatic heterocycles. The van der Waals surface area contributed by atoms with Gasteiger partial charge in [-0.3, -0.25) is 0 Å². The van der Waals surface area contributed by atoms with Gasteiger partial charge in [-0.05, 0) is 29.8 Å². The summed E-state index contributed by atoms with van der Waals surface area (Å²) in [6.45, 7) is 2.01. The van der Waals surface area contributed by atoms with Crippen molar-refractivity contribution in [2.75, 3.05) is 24.6 Å². The maximum absolute atomic E-state index is 13.2. The van der Waals surface area contributed by atoms with Gasteiger partial charge in [0.15, 0.2) is 0 Å². The lowest BCUT2D eigenvalue weighted by molar-refractivity contribution is 0.0397. The highest BCUT2D eigenvalue weighted by Crippen LogP contribution is 2.29. The number of hydrogen-bond donors (Lipinski definition) is 0. The lowest BCUT2D eigenvalue weighted by Crippen LogP contribution is -2.38. The number of benzene rings is 1. The Morgan fingerprint density at radius 3 is 2.86 bits per heavy atom. The van der Waals surface area contributed by atoms with Gasteiger partial charge < -0.3 is 9.64 Å². The molecule has 6 heteroatoms. The van der Waals surface area contributed by atoms with E-state index in [2.05, 4.69) is 9.88 Å². The number of halogens is 3. The first kappa shape index (κ1) is 14.6. The molecule has 3 rings (SSSR count). The van der Waals surface area contributed by atoms with Crippen LogP contribution in [0.1, 0.15) is 11.7 Å². The van der Waals surface area contributed by atoms with Crippen LogP contribution in [0.15, 0.2) is 36.5 Å². The predicted octanol–water partition coefficient (Wildman–Crippen LogP) is 4.11. The van der Waals surface area contributed by atoms with Crippen LogP contribution in [0.5, 0.6) is 0 Å². The topological polar surface area (TPSA) is 25.4 Å². The van der Waals surface area contributed by atoms with Crippen molar-refractivity contribution in [2.45, 2.75) is 6.10 Å². The average molecular weight is 327 g/mol. The highest BCUT2D eigenvalue weighted by atomic mass is 35.5. The molecule has 1 saturated heterocycles. The Balaban J connectivity index is 1.80. The first-order valence-corrected chi connectivity index (χ1v) is 7.32. The Morgan fingerprint density at radius 1 is 1.24 bits per heavy atom. The third-order valence-corrected chi connectivity index (χ3v) is 3.95. The molecule has 0 N–H and O–H groups in total. The van der Waals surface area contributed by atoms with Crippen LogP contribution in [0.3, 0.4) is 0 Å². The van der Waals surface area contributed by atoms with Gasteiger partial charge in [-0.25, -0.2) is 9.37 Å². The van der Waals surface area contributed by atoms with Crippen molar-refractivity contribution in [1.82, 2.24) is 4.98 Å². The zero-order valence-electron chi connectivity index (χ0n) is 11.1. The number of morpholine rings is 1. The third kappa shape index (κ3) is 3.28. The monoisotopic (exact) mass is 326 g/mol. The summed E-state index contributed by atoms with van der Waals surface area (Å²) >= 11 is 11.8. The predicted molar refractivity (Wildman–Crippen MR) is 81.6 cm³/mol. The first-order chi connectivity index (χ1) is 10.1. The van der Waals surface area contributed by atoms with E-state index in [0.29, 0.717) is 18.3 Å². The fourth-order valence-corrected chi connectivity index (χ4v) is 2.74. The van der Waals surface area contributed by atoms with Gasteiger partial charge in [0, 0.05) is 25.0 Å². The minimum absolute atomic E-state index is 0.111. The van der Waals surface area contributed by atoms with E-state index >= 15 is 0 Å². The molecule has 1 aliphatic heterocycles. The van der Waals surface area contributed by atoms with Crippen LogP contribution in [-0.4, -0.2) is 24.7 Å². The van der Waals surface area contributed by atoms with Crippen LogP contribution in [-0.2, 0) is 4.74 Å². The molecule has 1 aromatic carbocycles. The van der Waals surface area contributed by atoms with E-state index in [1.807, 2.05) is 12.1 Å². The van der Waals surface area contributed by atoms with Gasteiger partial charge in [-0.15, -0.1) is 0 Å². The summed E-state index contributed by atoms with van der Waals surface area (Å²) in [6.07, 6.45) is 1.53. The summed E-state index contributed by atoms with van der Waals surface area (Å²) in [5.41, 5.74) is 1.86. The summed E-state index contributed by atoms with van der Waals surface area (Å²) in [6, 6.07) is 8.41. The number of nitrogens with zero attached hydrogens (tertiary/aromatic N) is 2. The molecular weight excluding hydrogens is 314 g/mol. The average Bonchev–Trinajstić information content (AvgIpc) is 2.50. The molecule has 1 fully saturated rings. The van der Waals surface area contributed by atoms with Crippen molar-refractivity contribution in [3.8, 4) is 0 Å². The molecule has 0 bridgehead atoms. The Morgan fingerprint density at radius 2 is 2.10 bits per heavy atom. The van der Waals surface area contributed by atoms with Crippen LogP contribution < -0.4 is 4.90 Å². The molecule has 2 heterocycles. The van der Waals surface area contributed by atoms with E-state index < -0.39 is 5.82 Å². The van der Waals surface area contributed by atoms with Crippen LogP contribution >= 0.6 is 23.2 Å². The molecule has 110 valence electrons. The zero-order valence-corrected chi connectivity index (χ0v) is 12.6. The molecule has 1 unspecified atom stereocenters. The van der Waals surface area contributed by atoms with Crippen molar-refractivity contribution in [1.29, 1.82) is 0 Å². The smallest absolute Gasteiger partial charge is 0.141 e. The fourth-order valence-electron chi connectivity index (χ4n) is 2.39. The van der Waals surface area contributed by atoms with Crippen LogP contribution in [0.25, 0.3) is 0 Å². The zero-order chi connectivity index (χ0) is 14.8. The number of aromatic nitrogens is 1. The third-order valence-electron chi connectivity index (χ3n) is 3.46. The first-order valence-electron chi connectivity index (χ1n) is 6.56. The van der Waals surface area contributed by atoms with E-state index in [9.17, 15) is 4.39 Å². The minimum atomic E-state index is -0.422. The SMILES string of the molecule is Fc1ccc(C2CN(c3ccnc(Cl)c3)CCO2)cc1Cl. The van der Waals surface area contributed by atoms with Gasteiger partial charge in [-0.2, -0.15) is 0 Å². The maximum atomic E-state index is 13.2. The number of rotatable bonds is 2. The largest absolute Gasteiger partial charge is 0.370 e. The van der Waals surface area contributed by atoms with Gasteiger partial charge in [0.05, 0.1) is 11.6 Å². The van der Waals surface area contributed by atoms with Crippen LogP contribution in [0.4, 0.5) is 10.1 Å². The summed E-state index contributed by atoms with van der Waals surface area (Å²) < 4.78 is 19.0. The normalized spacial score (nSPS) is 18.8. The van der Waals surface area contributed by atoms with Gasteiger partial charge in [0.25, 0.3) is 0 Å². The molecule has 0 spiro atoms. The lowest BCUT2D eigenvalue weighted by Gasteiger charge is -2.34. The highest BCUT2D eigenvalue weighted by Gasteiger charge is 2.23. The van der Waals surface area contributed by atoms with E-state index in [0.717, 1.165) is 17.8 Å². The van der Waals surface area contributed by atoms with E-state index in [1.165, 1.54) is 6.07 Å². The number of hydrogen-bond acceptors (Lipinski definition) is 3. The van der Waals surface area contributed by atoms with Crippen molar-refractivity contribution >= 4 is 28.9 Å². The van der Waals surface area contributed by atoms with Gasteiger partial charge in [0.1, 0.15) is 17.1 Å². The van der Waals surface area contributed by atoms with E-state index in [1.54, 1.807) is 18.3 Å². The summed E-state index contributed by atoms with van der Waals surface area (Å²) in [7, 11) is 0. The maximum Gasteiger partial charge on any atom is 0.141 e.